The van der Waals surface area contributed by atoms with E-state index in [9.17, 15) is 14.7 Å². The van der Waals surface area contributed by atoms with Crippen molar-refractivity contribution in [3.63, 3.8) is 0 Å². The largest absolute Gasteiger partial charge is 0.477 e. The van der Waals surface area contributed by atoms with Crippen LogP contribution < -0.4 is 15.6 Å². The van der Waals surface area contributed by atoms with Gasteiger partial charge in [0.25, 0.3) is 0 Å². The van der Waals surface area contributed by atoms with E-state index in [4.69, 9.17) is 0 Å². The lowest BCUT2D eigenvalue weighted by Crippen LogP contribution is -2.46. The molecule has 2 aromatic carbocycles. The summed E-state index contributed by atoms with van der Waals surface area (Å²) in [6.07, 6.45) is 2.88. The van der Waals surface area contributed by atoms with E-state index in [1.54, 1.807) is 10.8 Å². The molecule has 1 fully saturated rings. The number of nitrogens with zero attached hydrogens (tertiary/aromatic N) is 3. The Morgan fingerprint density at radius 1 is 1.23 bits per heavy atom. The monoisotopic (exact) mass is 474 g/mol. The highest BCUT2D eigenvalue weighted by Gasteiger charge is 2.26. The molecule has 0 amide bonds. The van der Waals surface area contributed by atoms with Gasteiger partial charge < -0.3 is 19.9 Å². The molecular formula is C27H27FN4O3. The number of carbonyl (C=O) groups is 1. The van der Waals surface area contributed by atoms with Gasteiger partial charge in [-0.1, -0.05) is 18.2 Å². The van der Waals surface area contributed by atoms with E-state index in [1.165, 1.54) is 29.5 Å². The standard InChI is InChI=1S/C27H27FN4O3/c1-4-31-13-19(27(34)35)26(33)23-18-7-8-20(28)25(24(18)30-12-22(23)31)32-10-9-29-21(14-32)17-6-5-15(2)16(3)11-17/h5-8,11-13,21,29H,4,9-10,14H2,1-3H3,(H,34,35). The van der Waals surface area contributed by atoms with Crippen molar-refractivity contribution in [2.24, 2.45) is 0 Å². The molecular weight excluding hydrogens is 447 g/mol. The van der Waals surface area contributed by atoms with Crippen LogP contribution in [0.3, 0.4) is 0 Å². The van der Waals surface area contributed by atoms with Crippen LogP contribution in [0.1, 0.15) is 40.0 Å². The Balaban J connectivity index is 1.68. The average Bonchev–Trinajstić information content (AvgIpc) is 2.85. The Labute approximate surface area is 201 Å². The maximum atomic E-state index is 15.3. The number of benzene rings is 2. The van der Waals surface area contributed by atoms with Crippen LogP contribution in [0.25, 0.3) is 21.8 Å². The molecule has 0 spiro atoms. The van der Waals surface area contributed by atoms with Crippen molar-refractivity contribution in [1.82, 2.24) is 14.9 Å². The number of aromatic carboxylic acids is 1. The molecule has 35 heavy (non-hydrogen) atoms. The number of pyridine rings is 2. The van der Waals surface area contributed by atoms with Gasteiger partial charge in [0, 0.05) is 43.8 Å². The number of halogens is 1. The van der Waals surface area contributed by atoms with Crippen molar-refractivity contribution in [2.45, 2.75) is 33.4 Å². The molecule has 2 aromatic heterocycles. The van der Waals surface area contributed by atoms with E-state index in [1.807, 2.05) is 11.8 Å². The Bertz CT molecular complexity index is 1550. The molecule has 7 nitrogen and oxygen atoms in total. The zero-order chi connectivity index (χ0) is 24.9. The summed E-state index contributed by atoms with van der Waals surface area (Å²) in [7, 11) is 0. The van der Waals surface area contributed by atoms with Crippen molar-refractivity contribution < 1.29 is 14.3 Å². The molecule has 1 aliphatic rings. The normalized spacial score (nSPS) is 16.2. The third-order valence-electron chi connectivity index (χ3n) is 7.01. The second-order valence-electron chi connectivity index (χ2n) is 9.07. The molecule has 4 aromatic rings. The van der Waals surface area contributed by atoms with Crippen LogP contribution in [0, 0.1) is 19.7 Å². The number of aromatic nitrogens is 2. The maximum Gasteiger partial charge on any atom is 0.341 e. The lowest BCUT2D eigenvalue weighted by molar-refractivity contribution is 0.0695. The molecule has 3 heterocycles. The average molecular weight is 475 g/mol. The fourth-order valence-corrected chi connectivity index (χ4v) is 4.96. The summed E-state index contributed by atoms with van der Waals surface area (Å²) in [5.74, 6) is -1.71. The van der Waals surface area contributed by atoms with Gasteiger partial charge in [0.2, 0.25) is 5.43 Å². The van der Waals surface area contributed by atoms with Crippen LogP contribution in [-0.2, 0) is 6.54 Å². The van der Waals surface area contributed by atoms with Crippen molar-refractivity contribution in [1.29, 1.82) is 0 Å². The van der Waals surface area contributed by atoms with E-state index < -0.39 is 17.2 Å². The number of nitrogens with one attached hydrogen (secondary N) is 1. The molecule has 180 valence electrons. The lowest BCUT2D eigenvalue weighted by atomic mass is 9.98. The summed E-state index contributed by atoms with van der Waals surface area (Å²) in [5, 5.41) is 13.8. The van der Waals surface area contributed by atoms with Crippen molar-refractivity contribution in [3.8, 4) is 0 Å². The van der Waals surface area contributed by atoms with Gasteiger partial charge in [0.1, 0.15) is 11.4 Å². The molecule has 1 atom stereocenters. The first-order valence-corrected chi connectivity index (χ1v) is 11.7. The van der Waals surface area contributed by atoms with Gasteiger partial charge in [0.05, 0.1) is 28.3 Å². The summed E-state index contributed by atoms with van der Waals surface area (Å²) >= 11 is 0. The first-order chi connectivity index (χ1) is 16.8. The van der Waals surface area contributed by atoms with Crippen LogP contribution >= 0.6 is 0 Å². The number of piperazine rings is 1. The Morgan fingerprint density at radius 2 is 2.03 bits per heavy atom. The third kappa shape index (κ3) is 3.83. The molecule has 0 saturated carbocycles. The smallest absolute Gasteiger partial charge is 0.341 e. The van der Waals surface area contributed by atoms with Gasteiger partial charge in [-0.15, -0.1) is 0 Å². The first kappa shape index (κ1) is 23.0. The predicted molar refractivity (Wildman–Crippen MR) is 135 cm³/mol. The fourth-order valence-electron chi connectivity index (χ4n) is 4.96. The van der Waals surface area contributed by atoms with Crippen LogP contribution in [0.2, 0.25) is 0 Å². The second-order valence-corrected chi connectivity index (χ2v) is 9.07. The quantitative estimate of drug-likeness (QED) is 0.432. The van der Waals surface area contributed by atoms with E-state index >= 15 is 4.39 Å². The number of anilines is 1. The summed E-state index contributed by atoms with van der Waals surface area (Å²) in [5.41, 5.74) is 3.88. The van der Waals surface area contributed by atoms with Crippen LogP contribution in [0.15, 0.2) is 47.5 Å². The topological polar surface area (TPSA) is 87.5 Å². The summed E-state index contributed by atoms with van der Waals surface area (Å²) in [6, 6.07) is 9.22. The number of fused-ring (bicyclic) bond motifs is 3. The van der Waals surface area contributed by atoms with E-state index in [-0.39, 0.29) is 17.0 Å². The molecule has 0 radical (unpaired) electrons. The highest BCUT2D eigenvalue weighted by atomic mass is 19.1. The zero-order valence-electron chi connectivity index (χ0n) is 19.9. The SMILES string of the molecule is CCn1cc(C(=O)O)c(=O)c2c3ccc(F)c(N4CCNC(c5ccc(C)c(C)c5)C4)c3ncc21. The molecule has 1 unspecified atom stereocenters. The van der Waals surface area contributed by atoms with Gasteiger partial charge >= 0.3 is 5.97 Å². The van der Waals surface area contributed by atoms with Gasteiger partial charge in [-0.25, -0.2) is 9.18 Å². The Hall–Kier alpha value is -3.78. The molecule has 1 saturated heterocycles. The van der Waals surface area contributed by atoms with E-state index in [2.05, 4.69) is 42.3 Å². The van der Waals surface area contributed by atoms with Crippen LogP contribution in [-0.4, -0.2) is 40.3 Å². The second kappa shape index (κ2) is 8.78. The van der Waals surface area contributed by atoms with Crippen LogP contribution in [0.5, 0.6) is 0 Å². The highest BCUT2D eigenvalue weighted by molar-refractivity contribution is 6.09. The zero-order valence-corrected chi connectivity index (χ0v) is 19.9. The van der Waals surface area contributed by atoms with Gasteiger partial charge in [0.15, 0.2) is 0 Å². The molecule has 5 rings (SSSR count). The van der Waals surface area contributed by atoms with E-state index in [0.29, 0.717) is 48.3 Å². The maximum absolute atomic E-state index is 15.3. The molecule has 0 aliphatic carbocycles. The van der Waals surface area contributed by atoms with Crippen molar-refractivity contribution >= 4 is 33.5 Å². The van der Waals surface area contributed by atoms with Crippen LogP contribution in [0.4, 0.5) is 10.1 Å². The van der Waals surface area contributed by atoms with E-state index in [0.717, 1.165) is 5.56 Å². The number of aryl methyl sites for hydroxylation is 3. The van der Waals surface area contributed by atoms with Gasteiger partial charge in [-0.05, 0) is 49.6 Å². The number of hydrogen-bond acceptors (Lipinski definition) is 5. The highest BCUT2D eigenvalue weighted by Crippen LogP contribution is 2.34. The third-order valence-corrected chi connectivity index (χ3v) is 7.01. The summed E-state index contributed by atoms with van der Waals surface area (Å²) in [4.78, 5) is 31.5. The number of carboxylic acid groups (broad SMARTS) is 1. The van der Waals surface area contributed by atoms with Gasteiger partial charge in [-0.3, -0.25) is 9.78 Å². The Morgan fingerprint density at radius 3 is 2.74 bits per heavy atom. The van der Waals surface area contributed by atoms with Gasteiger partial charge in [-0.2, -0.15) is 0 Å². The minimum absolute atomic E-state index is 0.00842. The van der Waals surface area contributed by atoms with Crippen molar-refractivity contribution in [3.05, 3.63) is 81.0 Å². The minimum Gasteiger partial charge on any atom is -0.477 e. The summed E-state index contributed by atoms with van der Waals surface area (Å²) < 4.78 is 17.0. The first-order valence-electron chi connectivity index (χ1n) is 11.7. The summed E-state index contributed by atoms with van der Waals surface area (Å²) in [6.45, 7) is 8.25. The number of hydrogen-bond donors (Lipinski definition) is 2. The Kier molecular flexibility index (Phi) is 5.76. The fraction of sp³-hybridized carbons (Fsp3) is 0.296. The van der Waals surface area contributed by atoms with Crippen molar-refractivity contribution in [2.75, 3.05) is 24.5 Å². The number of rotatable bonds is 4. The molecule has 8 heteroatoms. The minimum atomic E-state index is -1.29. The predicted octanol–water partition coefficient (Wildman–Crippen LogP) is 4.17. The lowest BCUT2D eigenvalue weighted by Gasteiger charge is -2.36. The molecule has 1 aliphatic heterocycles. The number of carboxylic acids is 1. The molecule has 0 bridgehead atoms. The molecule has 2 N–H and O–H groups in total.